The van der Waals surface area contributed by atoms with Crippen LogP contribution in [0, 0.1) is 5.82 Å². The normalized spacial score (nSPS) is 20.5. The van der Waals surface area contributed by atoms with Crippen LogP contribution in [-0.2, 0) is 19.1 Å². The highest BCUT2D eigenvalue weighted by Gasteiger charge is 2.27. The van der Waals surface area contributed by atoms with Gasteiger partial charge in [0.05, 0.1) is 6.20 Å². The maximum Gasteiger partial charge on any atom is 0.123 e. The highest BCUT2D eigenvalue weighted by molar-refractivity contribution is 5.33. The van der Waals surface area contributed by atoms with Crippen molar-refractivity contribution in [3.05, 3.63) is 53.1 Å². The van der Waals surface area contributed by atoms with Gasteiger partial charge in [0, 0.05) is 31.4 Å². The molecular formula is C17H22FN3O. The lowest BCUT2D eigenvalue weighted by atomic mass is 9.87. The smallest absolute Gasteiger partial charge is 0.123 e. The van der Waals surface area contributed by atoms with E-state index in [0.717, 1.165) is 36.0 Å². The van der Waals surface area contributed by atoms with Crippen LogP contribution in [0.1, 0.15) is 42.5 Å². The highest BCUT2D eigenvalue weighted by Crippen LogP contribution is 2.31. The van der Waals surface area contributed by atoms with Crippen LogP contribution >= 0.6 is 0 Å². The molecule has 3 rings (SSSR count). The Balaban J connectivity index is 1.72. The van der Waals surface area contributed by atoms with E-state index in [-0.39, 0.29) is 11.9 Å². The first-order chi connectivity index (χ1) is 10.5. The molecule has 5 heteroatoms. The molecule has 0 spiro atoms. The summed E-state index contributed by atoms with van der Waals surface area (Å²) in [7, 11) is 1.83. The van der Waals surface area contributed by atoms with Crippen molar-refractivity contribution in [2.45, 2.75) is 37.8 Å². The summed E-state index contributed by atoms with van der Waals surface area (Å²) in [5.41, 5.74) is 2.03. The number of fused-ring (bicyclic) bond motifs is 1. The third kappa shape index (κ3) is 3.05. The summed E-state index contributed by atoms with van der Waals surface area (Å²) in [5, 5.41) is 18.2. The molecule has 0 bridgehead atoms. The van der Waals surface area contributed by atoms with E-state index in [0.29, 0.717) is 6.54 Å². The first kappa shape index (κ1) is 15.2. The Bertz CT molecular complexity index is 666. The zero-order chi connectivity index (χ0) is 15.7. The summed E-state index contributed by atoms with van der Waals surface area (Å²) < 4.78 is 15.0. The molecule has 0 saturated heterocycles. The summed E-state index contributed by atoms with van der Waals surface area (Å²) in [5.74, 6) is -0.179. The molecule has 1 aliphatic carbocycles. The number of aryl methyl sites for hydroxylation is 2. The van der Waals surface area contributed by atoms with E-state index in [9.17, 15) is 9.50 Å². The van der Waals surface area contributed by atoms with Crippen molar-refractivity contribution in [1.29, 1.82) is 0 Å². The first-order valence-electron chi connectivity index (χ1n) is 7.69. The van der Waals surface area contributed by atoms with Gasteiger partial charge in [-0.3, -0.25) is 4.68 Å². The van der Waals surface area contributed by atoms with E-state index in [4.69, 9.17) is 0 Å². The van der Waals surface area contributed by atoms with Gasteiger partial charge in [0.2, 0.25) is 0 Å². The summed E-state index contributed by atoms with van der Waals surface area (Å²) in [4.78, 5) is 0. The predicted octanol–water partition coefficient (Wildman–Crippen LogP) is 2.43. The molecule has 0 fully saturated rings. The van der Waals surface area contributed by atoms with Crippen molar-refractivity contribution in [2.24, 2.45) is 7.05 Å². The van der Waals surface area contributed by atoms with Crippen LogP contribution in [0.2, 0.25) is 0 Å². The highest BCUT2D eigenvalue weighted by atomic mass is 19.1. The average molecular weight is 303 g/mol. The van der Waals surface area contributed by atoms with Crippen LogP contribution in [0.4, 0.5) is 4.39 Å². The molecule has 2 atom stereocenters. The van der Waals surface area contributed by atoms with Crippen molar-refractivity contribution < 1.29 is 9.50 Å². The van der Waals surface area contributed by atoms with Gasteiger partial charge in [0.25, 0.3) is 0 Å². The molecule has 0 unspecified atom stereocenters. The van der Waals surface area contributed by atoms with Gasteiger partial charge in [0.1, 0.15) is 11.4 Å². The second kappa shape index (κ2) is 5.82. The lowest BCUT2D eigenvalue weighted by Crippen LogP contribution is -2.38. The molecule has 4 nitrogen and oxygen atoms in total. The Morgan fingerprint density at radius 1 is 1.50 bits per heavy atom. The molecule has 2 N–H and O–H groups in total. The van der Waals surface area contributed by atoms with Gasteiger partial charge >= 0.3 is 0 Å². The number of aromatic nitrogens is 2. The van der Waals surface area contributed by atoms with Crippen molar-refractivity contribution in [2.75, 3.05) is 6.54 Å². The molecule has 0 aliphatic heterocycles. The monoisotopic (exact) mass is 303 g/mol. The van der Waals surface area contributed by atoms with Crippen molar-refractivity contribution in [3.63, 3.8) is 0 Å². The van der Waals surface area contributed by atoms with Gasteiger partial charge in [-0.15, -0.1) is 0 Å². The molecule has 1 heterocycles. The van der Waals surface area contributed by atoms with Gasteiger partial charge in [-0.25, -0.2) is 4.39 Å². The lowest BCUT2D eigenvalue weighted by molar-refractivity contribution is 0.0530. The van der Waals surface area contributed by atoms with E-state index in [1.807, 2.05) is 19.3 Å². The molecule has 1 aliphatic rings. The third-order valence-electron chi connectivity index (χ3n) is 4.44. The maximum absolute atomic E-state index is 13.4. The van der Waals surface area contributed by atoms with Crippen LogP contribution < -0.4 is 5.32 Å². The summed E-state index contributed by atoms with van der Waals surface area (Å²) >= 11 is 0. The van der Waals surface area contributed by atoms with Gasteiger partial charge < -0.3 is 10.4 Å². The average Bonchev–Trinajstić information content (AvgIpc) is 2.92. The molecular weight excluding hydrogens is 281 g/mol. The van der Waals surface area contributed by atoms with E-state index < -0.39 is 5.60 Å². The number of benzene rings is 1. The number of nitrogens with one attached hydrogen (secondary N) is 1. The second-order valence-electron chi connectivity index (χ2n) is 6.35. The van der Waals surface area contributed by atoms with Crippen LogP contribution in [0.25, 0.3) is 0 Å². The summed E-state index contributed by atoms with van der Waals surface area (Å²) in [6.45, 7) is 2.21. The number of hydrogen-bond acceptors (Lipinski definition) is 3. The van der Waals surface area contributed by atoms with Crippen LogP contribution in [0.15, 0.2) is 30.6 Å². The maximum atomic E-state index is 13.4. The van der Waals surface area contributed by atoms with Crippen LogP contribution in [0.5, 0.6) is 0 Å². The molecule has 0 amide bonds. The van der Waals surface area contributed by atoms with Crippen LogP contribution in [-0.4, -0.2) is 21.4 Å². The van der Waals surface area contributed by atoms with Gasteiger partial charge in [-0.05, 0) is 49.4 Å². The topological polar surface area (TPSA) is 50.1 Å². The predicted molar refractivity (Wildman–Crippen MR) is 82.9 cm³/mol. The van der Waals surface area contributed by atoms with E-state index in [1.165, 1.54) is 6.07 Å². The second-order valence-corrected chi connectivity index (χ2v) is 6.35. The van der Waals surface area contributed by atoms with Crippen LogP contribution in [0.3, 0.4) is 0 Å². The number of nitrogens with zero attached hydrogens (tertiary/aromatic N) is 2. The van der Waals surface area contributed by atoms with Gasteiger partial charge in [-0.1, -0.05) is 6.07 Å². The fourth-order valence-electron chi connectivity index (χ4n) is 3.12. The number of rotatable bonds is 4. The summed E-state index contributed by atoms with van der Waals surface area (Å²) in [6.07, 6.45) is 6.47. The number of halogens is 1. The van der Waals surface area contributed by atoms with Crippen molar-refractivity contribution >= 4 is 0 Å². The summed E-state index contributed by atoms with van der Waals surface area (Å²) in [6, 6.07) is 5.16. The Kier molecular flexibility index (Phi) is 4.02. The standard InChI is InChI=1S/C17H22FN3O/c1-17(22,13-9-20-21(2)10-13)11-19-16-5-3-4-12-8-14(18)6-7-15(12)16/h6-10,16,19,22H,3-5,11H2,1-2H3/t16-,17-/m0/s1. The Morgan fingerprint density at radius 2 is 2.32 bits per heavy atom. The number of aliphatic hydroxyl groups is 1. The Hall–Kier alpha value is -1.72. The van der Waals surface area contributed by atoms with Crippen molar-refractivity contribution in [3.8, 4) is 0 Å². The quantitative estimate of drug-likeness (QED) is 0.912. The minimum atomic E-state index is -0.980. The first-order valence-corrected chi connectivity index (χ1v) is 7.69. The molecule has 0 radical (unpaired) electrons. The largest absolute Gasteiger partial charge is 0.384 e. The molecule has 0 saturated carbocycles. The van der Waals surface area contributed by atoms with Crippen molar-refractivity contribution in [1.82, 2.24) is 15.1 Å². The zero-order valence-corrected chi connectivity index (χ0v) is 13.0. The lowest BCUT2D eigenvalue weighted by Gasteiger charge is -2.30. The Labute approximate surface area is 130 Å². The van der Waals surface area contributed by atoms with E-state index in [2.05, 4.69) is 10.4 Å². The minimum absolute atomic E-state index is 0.160. The van der Waals surface area contributed by atoms with E-state index >= 15 is 0 Å². The fourth-order valence-corrected chi connectivity index (χ4v) is 3.12. The van der Waals surface area contributed by atoms with E-state index in [1.54, 1.807) is 23.9 Å². The molecule has 118 valence electrons. The molecule has 1 aromatic heterocycles. The number of hydrogen-bond donors (Lipinski definition) is 2. The molecule has 1 aromatic carbocycles. The zero-order valence-electron chi connectivity index (χ0n) is 13.0. The molecule has 22 heavy (non-hydrogen) atoms. The third-order valence-corrected chi connectivity index (χ3v) is 4.44. The molecule has 2 aromatic rings. The fraction of sp³-hybridized carbons (Fsp3) is 0.471. The Morgan fingerprint density at radius 3 is 3.05 bits per heavy atom. The van der Waals surface area contributed by atoms with Gasteiger partial charge in [-0.2, -0.15) is 5.10 Å². The SMILES string of the molecule is Cn1cc([C@@](C)(O)CN[C@H]2CCCc3cc(F)ccc32)cn1. The minimum Gasteiger partial charge on any atom is -0.384 e. The van der Waals surface area contributed by atoms with Gasteiger partial charge in [0.15, 0.2) is 0 Å².